The molecule has 0 saturated carbocycles. The molecule has 0 saturated heterocycles. The summed E-state index contributed by atoms with van der Waals surface area (Å²) < 4.78 is 11.0. The molecule has 142 valence electrons. The number of carbonyl (C=O) groups is 2. The fourth-order valence-electron chi connectivity index (χ4n) is 2.78. The van der Waals surface area contributed by atoms with Crippen LogP contribution in [0.4, 0.5) is 4.79 Å². The third kappa shape index (κ3) is 4.26. The van der Waals surface area contributed by atoms with Gasteiger partial charge in [0.2, 0.25) is 0 Å². The lowest BCUT2D eigenvalue weighted by atomic mass is 9.97. The Morgan fingerprint density at radius 3 is 2.85 bits per heavy atom. The van der Waals surface area contributed by atoms with Gasteiger partial charge in [0.15, 0.2) is 0 Å². The van der Waals surface area contributed by atoms with E-state index in [1.807, 2.05) is 16.8 Å². The zero-order chi connectivity index (χ0) is 19.4. The normalized spacial score (nSPS) is 16.9. The molecule has 27 heavy (non-hydrogen) atoms. The van der Waals surface area contributed by atoms with Crippen molar-refractivity contribution >= 4 is 34.9 Å². The van der Waals surface area contributed by atoms with E-state index in [9.17, 15) is 9.59 Å². The van der Waals surface area contributed by atoms with Gasteiger partial charge in [-0.3, -0.25) is 4.90 Å². The Morgan fingerprint density at radius 2 is 2.19 bits per heavy atom. The average Bonchev–Trinajstić information content (AvgIpc) is 3.17. The highest BCUT2D eigenvalue weighted by molar-refractivity contribution is 7.08. The molecule has 2 amide bonds. The molecule has 0 bridgehead atoms. The first-order chi connectivity index (χ1) is 13.0. The summed E-state index contributed by atoms with van der Waals surface area (Å²) in [7, 11) is 1.59. The van der Waals surface area contributed by atoms with E-state index in [0.717, 1.165) is 5.56 Å². The van der Waals surface area contributed by atoms with Gasteiger partial charge in [-0.05, 0) is 47.5 Å². The molecule has 1 aromatic carbocycles. The number of hydrogen-bond acceptors (Lipinski definition) is 5. The third-order valence-electron chi connectivity index (χ3n) is 4.12. The first-order valence-electron chi connectivity index (χ1n) is 8.36. The molecule has 0 unspecified atom stereocenters. The van der Waals surface area contributed by atoms with E-state index in [-0.39, 0.29) is 19.2 Å². The number of likely N-dealkylation sites (N-methyl/N-ethyl adjacent to an activating group) is 1. The second kappa shape index (κ2) is 8.45. The van der Waals surface area contributed by atoms with Crippen molar-refractivity contribution in [2.75, 3.05) is 20.3 Å². The van der Waals surface area contributed by atoms with Crippen molar-refractivity contribution in [3.8, 4) is 5.75 Å². The van der Waals surface area contributed by atoms with Crippen molar-refractivity contribution < 1.29 is 19.1 Å². The molecule has 1 aliphatic heterocycles. The van der Waals surface area contributed by atoms with Crippen LogP contribution in [-0.4, -0.2) is 37.2 Å². The SMILES string of the molecule is CCOC(=O)C1=C(COc2cccc(Cl)c2)N(C)C(=O)N[C@@H]1c1ccsc1. The molecule has 0 spiro atoms. The van der Waals surface area contributed by atoms with Gasteiger partial charge in [-0.1, -0.05) is 17.7 Å². The van der Waals surface area contributed by atoms with E-state index in [4.69, 9.17) is 21.1 Å². The molecule has 6 nitrogen and oxygen atoms in total. The molecule has 3 rings (SSSR count). The number of halogens is 1. The molecule has 2 aromatic rings. The Morgan fingerprint density at radius 1 is 1.37 bits per heavy atom. The van der Waals surface area contributed by atoms with Crippen LogP contribution in [0.1, 0.15) is 18.5 Å². The number of nitrogens with one attached hydrogen (secondary N) is 1. The molecule has 0 fully saturated rings. The van der Waals surface area contributed by atoms with Crippen molar-refractivity contribution in [2.45, 2.75) is 13.0 Å². The summed E-state index contributed by atoms with van der Waals surface area (Å²) in [6.45, 7) is 2.00. The van der Waals surface area contributed by atoms with Gasteiger partial charge >= 0.3 is 12.0 Å². The molecule has 1 aromatic heterocycles. The lowest BCUT2D eigenvalue weighted by molar-refractivity contribution is -0.139. The fraction of sp³-hybridized carbons (Fsp3) is 0.263. The van der Waals surface area contributed by atoms with Gasteiger partial charge in [0.05, 0.1) is 23.9 Å². The summed E-state index contributed by atoms with van der Waals surface area (Å²) in [6, 6.07) is 7.91. The standard InChI is InChI=1S/C19H19ClN2O4S/c1-3-25-18(23)16-15(10-26-14-6-4-5-13(20)9-14)22(2)19(24)21-17(16)12-7-8-27-11-12/h4-9,11,17H,3,10H2,1-2H3,(H,21,24)/t17-/m1/s1. The number of thiophene rings is 1. The molecule has 1 aliphatic rings. The Labute approximate surface area is 166 Å². The van der Waals surface area contributed by atoms with Gasteiger partial charge in [-0.2, -0.15) is 11.3 Å². The fourth-order valence-corrected chi connectivity index (χ4v) is 3.65. The molecule has 1 atom stereocenters. The lowest BCUT2D eigenvalue weighted by Crippen LogP contribution is -2.48. The van der Waals surface area contributed by atoms with E-state index in [2.05, 4.69) is 5.32 Å². The van der Waals surface area contributed by atoms with Crippen LogP contribution in [0, 0.1) is 0 Å². The topological polar surface area (TPSA) is 67.9 Å². The van der Waals surface area contributed by atoms with E-state index in [0.29, 0.717) is 22.0 Å². The minimum absolute atomic E-state index is 0.0268. The van der Waals surface area contributed by atoms with Crippen molar-refractivity contribution in [3.05, 3.63) is 62.9 Å². The van der Waals surface area contributed by atoms with E-state index in [1.165, 1.54) is 16.2 Å². The van der Waals surface area contributed by atoms with E-state index < -0.39 is 12.0 Å². The highest BCUT2D eigenvalue weighted by Crippen LogP contribution is 2.32. The monoisotopic (exact) mass is 406 g/mol. The molecule has 2 heterocycles. The first kappa shape index (κ1) is 19.3. The molecule has 0 aliphatic carbocycles. The molecular formula is C19H19ClN2O4S. The number of urea groups is 1. The van der Waals surface area contributed by atoms with Crippen LogP contribution in [0.2, 0.25) is 5.02 Å². The largest absolute Gasteiger partial charge is 0.487 e. The number of hydrogen-bond donors (Lipinski definition) is 1. The van der Waals surface area contributed by atoms with Crippen molar-refractivity contribution in [1.29, 1.82) is 0 Å². The number of nitrogens with zero attached hydrogens (tertiary/aromatic N) is 1. The van der Waals surface area contributed by atoms with Gasteiger partial charge in [0, 0.05) is 12.1 Å². The lowest BCUT2D eigenvalue weighted by Gasteiger charge is -2.34. The number of ether oxygens (including phenoxy) is 2. The van der Waals surface area contributed by atoms with Crippen LogP contribution in [0.5, 0.6) is 5.75 Å². The maximum atomic E-state index is 12.7. The Balaban J connectivity index is 1.99. The van der Waals surface area contributed by atoms with Crippen LogP contribution in [0.25, 0.3) is 0 Å². The van der Waals surface area contributed by atoms with Crippen molar-refractivity contribution in [2.24, 2.45) is 0 Å². The predicted octanol–water partition coefficient (Wildman–Crippen LogP) is 3.99. The number of rotatable bonds is 6. The Bertz CT molecular complexity index is 866. The first-order valence-corrected chi connectivity index (χ1v) is 9.68. The van der Waals surface area contributed by atoms with Gasteiger partial charge in [-0.15, -0.1) is 0 Å². The minimum atomic E-state index is -0.586. The average molecular weight is 407 g/mol. The quantitative estimate of drug-likeness (QED) is 0.736. The number of benzene rings is 1. The molecule has 0 radical (unpaired) electrons. The highest BCUT2D eigenvalue weighted by atomic mass is 35.5. The smallest absolute Gasteiger partial charge is 0.338 e. The summed E-state index contributed by atoms with van der Waals surface area (Å²) in [5.41, 5.74) is 1.64. The predicted molar refractivity (Wildman–Crippen MR) is 104 cm³/mol. The number of esters is 1. The van der Waals surface area contributed by atoms with Crippen molar-refractivity contribution in [3.63, 3.8) is 0 Å². The van der Waals surface area contributed by atoms with Crippen LogP contribution in [0.15, 0.2) is 52.4 Å². The van der Waals surface area contributed by atoms with Crippen LogP contribution in [0.3, 0.4) is 0 Å². The maximum Gasteiger partial charge on any atom is 0.338 e. The zero-order valence-electron chi connectivity index (χ0n) is 14.9. The highest BCUT2D eigenvalue weighted by Gasteiger charge is 2.37. The Kier molecular flexibility index (Phi) is 6.03. The van der Waals surface area contributed by atoms with Crippen LogP contribution < -0.4 is 10.1 Å². The van der Waals surface area contributed by atoms with Gasteiger partial charge in [0.25, 0.3) is 0 Å². The van der Waals surface area contributed by atoms with Gasteiger partial charge in [0.1, 0.15) is 12.4 Å². The van der Waals surface area contributed by atoms with Crippen LogP contribution in [-0.2, 0) is 9.53 Å². The summed E-state index contributed by atoms with van der Waals surface area (Å²) in [6.07, 6.45) is 0. The van der Waals surface area contributed by atoms with Crippen LogP contribution >= 0.6 is 22.9 Å². The summed E-state index contributed by atoms with van der Waals surface area (Å²) in [5.74, 6) is 0.0647. The molecule has 1 N–H and O–H groups in total. The number of carbonyl (C=O) groups excluding carboxylic acids is 2. The summed E-state index contributed by atoms with van der Waals surface area (Å²) >= 11 is 7.48. The van der Waals surface area contributed by atoms with E-state index >= 15 is 0 Å². The third-order valence-corrected chi connectivity index (χ3v) is 5.06. The summed E-state index contributed by atoms with van der Waals surface area (Å²) in [4.78, 5) is 26.5. The number of amides is 2. The van der Waals surface area contributed by atoms with Gasteiger partial charge in [-0.25, -0.2) is 9.59 Å². The van der Waals surface area contributed by atoms with Gasteiger partial charge < -0.3 is 14.8 Å². The second-order valence-corrected chi connectivity index (χ2v) is 7.04. The Hall–Kier alpha value is -2.51. The molecular weight excluding hydrogens is 388 g/mol. The van der Waals surface area contributed by atoms with Crippen molar-refractivity contribution in [1.82, 2.24) is 10.2 Å². The summed E-state index contributed by atoms with van der Waals surface area (Å²) in [5, 5.41) is 7.18. The maximum absolute atomic E-state index is 12.7. The zero-order valence-corrected chi connectivity index (χ0v) is 16.5. The molecule has 8 heteroatoms. The second-order valence-electron chi connectivity index (χ2n) is 5.83. The minimum Gasteiger partial charge on any atom is -0.487 e. The van der Waals surface area contributed by atoms with E-state index in [1.54, 1.807) is 38.2 Å².